The fraction of sp³-hybridized carbons (Fsp3) is 0.571. The quantitative estimate of drug-likeness (QED) is 0.559. The minimum atomic E-state index is -0.361. The summed E-state index contributed by atoms with van der Waals surface area (Å²) in [5.41, 5.74) is 6.29. The molecule has 0 saturated carbocycles. The number of nitrogens with two attached hydrogens (primary N) is 1. The van der Waals surface area contributed by atoms with Crippen molar-refractivity contribution in [1.82, 2.24) is 0 Å². The maximum absolute atomic E-state index is 10.8. The third kappa shape index (κ3) is 3.91. The van der Waals surface area contributed by atoms with Gasteiger partial charge in [-0.15, -0.1) is 0 Å². The van der Waals surface area contributed by atoms with Crippen LogP contribution in [0.4, 0.5) is 0 Å². The van der Waals surface area contributed by atoms with Gasteiger partial charge in [0.1, 0.15) is 0 Å². The fourth-order valence-electron chi connectivity index (χ4n) is 0.416. The van der Waals surface area contributed by atoms with Crippen molar-refractivity contribution in [3.63, 3.8) is 0 Å². The second-order valence-corrected chi connectivity index (χ2v) is 2.41. The number of carbonyl (C=O) groups excluding carboxylic acids is 1. The van der Waals surface area contributed by atoms with Gasteiger partial charge in [-0.25, -0.2) is 0 Å². The van der Waals surface area contributed by atoms with Crippen molar-refractivity contribution in [2.24, 2.45) is 5.73 Å². The Kier molecular flexibility index (Phi) is 3.17. The molecule has 2 heteroatoms. The Bertz CT molecular complexity index is 132. The average Bonchev–Trinajstić information content (AvgIpc) is 1.63. The molecule has 0 fully saturated rings. The van der Waals surface area contributed by atoms with E-state index in [0.29, 0.717) is 0 Å². The SMILES string of the molecule is CC(C)=CC(=O)[C@H](C)N. The lowest BCUT2D eigenvalue weighted by atomic mass is 10.2. The highest BCUT2D eigenvalue weighted by molar-refractivity contribution is 5.94. The molecule has 0 aliphatic heterocycles. The van der Waals surface area contributed by atoms with Crippen LogP contribution in [0.15, 0.2) is 11.6 Å². The minimum absolute atomic E-state index is 0.00463. The Hall–Kier alpha value is -0.630. The van der Waals surface area contributed by atoms with E-state index in [-0.39, 0.29) is 11.8 Å². The molecule has 2 nitrogen and oxygen atoms in total. The van der Waals surface area contributed by atoms with Crippen LogP contribution in [-0.2, 0) is 4.79 Å². The summed E-state index contributed by atoms with van der Waals surface area (Å²) >= 11 is 0. The van der Waals surface area contributed by atoms with E-state index in [1.807, 2.05) is 13.8 Å². The maximum Gasteiger partial charge on any atom is 0.171 e. The highest BCUT2D eigenvalue weighted by Gasteiger charge is 2.01. The lowest BCUT2D eigenvalue weighted by molar-refractivity contribution is -0.115. The van der Waals surface area contributed by atoms with Crippen molar-refractivity contribution >= 4 is 5.78 Å². The van der Waals surface area contributed by atoms with Crippen LogP contribution < -0.4 is 5.73 Å². The minimum Gasteiger partial charge on any atom is -0.321 e. The van der Waals surface area contributed by atoms with Crippen molar-refractivity contribution in [2.75, 3.05) is 0 Å². The molecule has 9 heavy (non-hydrogen) atoms. The molecule has 0 saturated heterocycles. The van der Waals surface area contributed by atoms with E-state index in [1.165, 1.54) is 0 Å². The van der Waals surface area contributed by atoms with Crippen LogP contribution in [0.5, 0.6) is 0 Å². The largest absolute Gasteiger partial charge is 0.321 e. The summed E-state index contributed by atoms with van der Waals surface area (Å²) in [6.07, 6.45) is 1.56. The zero-order valence-electron chi connectivity index (χ0n) is 6.14. The zero-order chi connectivity index (χ0) is 7.44. The molecule has 0 spiro atoms. The molecular weight excluding hydrogens is 114 g/mol. The number of hydrogen-bond donors (Lipinski definition) is 1. The van der Waals surface area contributed by atoms with Crippen molar-refractivity contribution in [3.8, 4) is 0 Å². The number of allylic oxidation sites excluding steroid dienone is 1. The molecule has 0 heterocycles. The number of ketones is 1. The normalized spacial score (nSPS) is 12.4. The number of hydrogen-bond acceptors (Lipinski definition) is 2. The molecule has 0 amide bonds. The maximum atomic E-state index is 10.8. The standard InChI is InChI=1S/C7H13NO/c1-5(2)4-7(9)6(3)8/h4,6H,8H2,1-3H3/t6-/m0/s1. The van der Waals surface area contributed by atoms with Crippen LogP contribution >= 0.6 is 0 Å². The van der Waals surface area contributed by atoms with E-state index < -0.39 is 0 Å². The van der Waals surface area contributed by atoms with E-state index in [4.69, 9.17) is 5.73 Å². The van der Waals surface area contributed by atoms with E-state index in [0.717, 1.165) is 5.57 Å². The van der Waals surface area contributed by atoms with Gasteiger partial charge in [-0.1, -0.05) is 5.57 Å². The summed E-state index contributed by atoms with van der Waals surface area (Å²) < 4.78 is 0. The van der Waals surface area contributed by atoms with Gasteiger partial charge in [-0.3, -0.25) is 4.79 Å². The fourth-order valence-corrected chi connectivity index (χ4v) is 0.416. The number of carbonyl (C=O) groups is 1. The van der Waals surface area contributed by atoms with E-state index in [9.17, 15) is 4.79 Å². The average molecular weight is 127 g/mol. The summed E-state index contributed by atoms with van der Waals surface area (Å²) in [7, 11) is 0. The highest BCUT2D eigenvalue weighted by Crippen LogP contribution is 1.90. The van der Waals surface area contributed by atoms with Crippen molar-refractivity contribution in [3.05, 3.63) is 11.6 Å². The van der Waals surface area contributed by atoms with Gasteiger partial charge in [-0.05, 0) is 26.8 Å². The van der Waals surface area contributed by atoms with E-state index in [1.54, 1.807) is 13.0 Å². The van der Waals surface area contributed by atoms with Crippen LogP contribution in [0.25, 0.3) is 0 Å². The van der Waals surface area contributed by atoms with Gasteiger partial charge in [0.2, 0.25) is 0 Å². The Morgan fingerprint density at radius 1 is 1.56 bits per heavy atom. The molecule has 0 bridgehead atoms. The van der Waals surface area contributed by atoms with Gasteiger partial charge >= 0.3 is 0 Å². The molecule has 0 radical (unpaired) electrons. The monoisotopic (exact) mass is 127 g/mol. The first-order valence-corrected chi connectivity index (χ1v) is 2.98. The molecule has 52 valence electrons. The summed E-state index contributed by atoms with van der Waals surface area (Å²) in [5, 5.41) is 0. The van der Waals surface area contributed by atoms with Crippen LogP contribution in [0.3, 0.4) is 0 Å². The summed E-state index contributed by atoms with van der Waals surface area (Å²) in [6, 6.07) is -0.361. The van der Waals surface area contributed by atoms with Gasteiger partial charge in [-0.2, -0.15) is 0 Å². The lowest BCUT2D eigenvalue weighted by Gasteiger charge is -1.97. The topological polar surface area (TPSA) is 43.1 Å². The third-order valence-corrected chi connectivity index (χ3v) is 0.880. The predicted molar refractivity (Wildman–Crippen MR) is 38.1 cm³/mol. The second-order valence-electron chi connectivity index (χ2n) is 2.41. The molecule has 0 aliphatic carbocycles. The van der Waals surface area contributed by atoms with Crippen LogP contribution in [0, 0.1) is 0 Å². The van der Waals surface area contributed by atoms with Crippen LogP contribution in [0.2, 0.25) is 0 Å². The smallest absolute Gasteiger partial charge is 0.171 e. The predicted octanol–water partition coefficient (Wildman–Crippen LogP) is 0.869. The van der Waals surface area contributed by atoms with Gasteiger partial charge in [0, 0.05) is 0 Å². The molecule has 1 atom stereocenters. The third-order valence-electron chi connectivity index (χ3n) is 0.880. The van der Waals surface area contributed by atoms with Crippen LogP contribution in [-0.4, -0.2) is 11.8 Å². The van der Waals surface area contributed by atoms with Crippen LogP contribution in [0.1, 0.15) is 20.8 Å². The molecular formula is C7H13NO. The first kappa shape index (κ1) is 8.37. The Morgan fingerprint density at radius 2 is 2.00 bits per heavy atom. The van der Waals surface area contributed by atoms with E-state index in [2.05, 4.69) is 0 Å². The first-order valence-electron chi connectivity index (χ1n) is 2.98. The molecule has 0 aliphatic rings. The van der Waals surface area contributed by atoms with Gasteiger partial charge in [0.15, 0.2) is 5.78 Å². The Labute approximate surface area is 55.7 Å². The van der Waals surface area contributed by atoms with Crippen molar-refractivity contribution in [2.45, 2.75) is 26.8 Å². The van der Waals surface area contributed by atoms with Crippen molar-refractivity contribution in [1.29, 1.82) is 0 Å². The summed E-state index contributed by atoms with van der Waals surface area (Å²) in [6.45, 7) is 5.43. The molecule has 0 unspecified atom stereocenters. The molecule has 0 aromatic heterocycles. The van der Waals surface area contributed by atoms with Crippen molar-refractivity contribution < 1.29 is 4.79 Å². The van der Waals surface area contributed by atoms with Gasteiger partial charge in [0.05, 0.1) is 6.04 Å². The first-order chi connectivity index (χ1) is 4.04. The Morgan fingerprint density at radius 3 is 2.11 bits per heavy atom. The summed E-state index contributed by atoms with van der Waals surface area (Å²) in [5.74, 6) is -0.00463. The Balaban J connectivity index is 3.93. The number of rotatable bonds is 2. The molecule has 0 rings (SSSR count). The molecule has 0 aromatic rings. The van der Waals surface area contributed by atoms with E-state index >= 15 is 0 Å². The highest BCUT2D eigenvalue weighted by atomic mass is 16.1. The van der Waals surface area contributed by atoms with Gasteiger partial charge < -0.3 is 5.73 Å². The zero-order valence-corrected chi connectivity index (χ0v) is 6.14. The summed E-state index contributed by atoms with van der Waals surface area (Å²) in [4.78, 5) is 10.8. The molecule has 2 N–H and O–H groups in total. The molecule has 0 aromatic carbocycles. The lowest BCUT2D eigenvalue weighted by Crippen LogP contribution is -2.24. The second kappa shape index (κ2) is 3.41. The van der Waals surface area contributed by atoms with Gasteiger partial charge in [0.25, 0.3) is 0 Å².